The molecule has 21 heavy (non-hydrogen) atoms. The van der Waals surface area contributed by atoms with E-state index in [9.17, 15) is 9.50 Å². The SMILES string of the molecule is CC[C@H](O)c1ccc(OCc2cc(F)cc(C#N)c2)cc1. The molecule has 4 heteroatoms. The topological polar surface area (TPSA) is 53.2 Å². The smallest absolute Gasteiger partial charge is 0.124 e. The Morgan fingerprint density at radius 2 is 1.95 bits per heavy atom. The molecule has 0 saturated carbocycles. The highest BCUT2D eigenvalue weighted by Crippen LogP contribution is 2.20. The van der Waals surface area contributed by atoms with Crippen molar-refractivity contribution in [2.45, 2.75) is 26.1 Å². The first-order valence-electron chi connectivity index (χ1n) is 6.72. The number of aliphatic hydroxyl groups excluding tert-OH is 1. The van der Waals surface area contributed by atoms with Crippen LogP contribution in [0.3, 0.4) is 0 Å². The summed E-state index contributed by atoms with van der Waals surface area (Å²) in [6.07, 6.45) is 0.181. The molecule has 0 aliphatic heterocycles. The number of hydrogen-bond donors (Lipinski definition) is 1. The molecule has 3 nitrogen and oxygen atoms in total. The number of hydrogen-bond acceptors (Lipinski definition) is 3. The largest absolute Gasteiger partial charge is 0.489 e. The number of rotatable bonds is 5. The summed E-state index contributed by atoms with van der Waals surface area (Å²) in [4.78, 5) is 0. The number of halogens is 1. The molecule has 2 aromatic carbocycles. The minimum absolute atomic E-state index is 0.183. The highest BCUT2D eigenvalue weighted by Gasteiger charge is 2.05. The average molecular weight is 285 g/mol. The molecule has 0 fully saturated rings. The van der Waals surface area contributed by atoms with E-state index in [0.29, 0.717) is 17.7 Å². The first-order valence-corrected chi connectivity index (χ1v) is 6.72. The predicted octanol–water partition coefficient (Wildman–Crippen LogP) is 3.72. The van der Waals surface area contributed by atoms with E-state index in [-0.39, 0.29) is 12.2 Å². The molecule has 0 radical (unpaired) electrons. The summed E-state index contributed by atoms with van der Waals surface area (Å²) in [5, 5.41) is 18.5. The van der Waals surface area contributed by atoms with Crippen LogP contribution in [0.5, 0.6) is 5.75 Å². The Kier molecular flexibility index (Phi) is 4.91. The maximum Gasteiger partial charge on any atom is 0.124 e. The van der Waals surface area contributed by atoms with Gasteiger partial charge in [0.15, 0.2) is 0 Å². The van der Waals surface area contributed by atoms with Gasteiger partial charge in [0.05, 0.1) is 17.7 Å². The van der Waals surface area contributed by atoms with Gasteiger partial charge in [0, 0.05) is 0 Å². The second-order valence-corrected chi connectivity index (χ2v) is 4.74. The number of nitrogens with zero attached hydrogens (tertiary/aromatic N) is 1. The number of ether oxygens (including phenoxy) is 1. The molecule has 0 spiro atoms. The van der Waals surface area contributed by atoms with E-state index in [0.717, 1.165) is 5.56 Å². The van der Waals surface area contributed by atoms with Crippen LogP contribution in [0.1, 0.15) is 36.1 Å². The van der Waals surface area contributed by atoms with Gasteiger partial charge in [-0.05, 0) is 47.9 Å². The summed E-state index contributed by atoms with van der Waals surface area (Å²) in [6.45, 7) is 2.09. The Morgan fingerprint density at radius 3 is 2.57 bits per heavy atom. The van der Waals surface area contributed by atoms with Crippen LogP contribution in [-0.4, -0.2) is 5.11 Å². The lowest BCUT2D eigenvalue weighted by Crippen LogP contribution is -1.98. The van der Waals surface area contributed by atoms with Gasteiger partial charge in [0.1, 0.15) is 18.2 Å². The Labute approximate surface area is 123 Å². The van der Waals surface area contributed by atoms with E-state index in [2.05, 4.69) is 0 Å². The van der Waals surface area contributed by atoms with E-state index in [1.807, 2.05) is 13.0 Å². The van der Waals surface area contributed by atoms with E-state index < -0.39 is 11.9 Å². The van der Waals surface area contributed by atoms with Crippen LogP contribution in [0.4, 0.5) is 4.39 Å². The van der Waals surface area contributed by atoms with E-state index >= 15 is 0 Å². The molecule has 108 valence electrons. The molecule has 0 unspecified atom stereocenters. The van der Waals surface area contributed by atoms with Gasteiger partial charge in [-0.2, -0.15) is 5.26 Å². The Hall–Kier alpha value is -2.38. The Morgan fingerprint density at radius 1 is 1.24 bits per heavy atom. The lowest BCUT2D eigenvalue weighted by atomic mass is 10.1. The normalized spacial score (nSPS) is 11.7. The second kappa shape index (κ2) is 6.87. The summed E-state index contributed by atoms with van der Waals surface area (Å²) < 4.78 is 18.8. The molecule has 2 rings (SSSR count). The van der Waals surface area contributed by atoms with Gasteiger partial charge in [-0.3, -0.25) is 0 Å². The zero-order valence-corrected chi connectivity index (χ0v) is 11.7. The monoisotopic (exact) mass is 285 g/mol. The van der Waals surface area contributed by atoms with Gasteiger partial charge in [-0.1, -0.05) is 19.1 Å². The van der Waals surface area contributed by atoms with Crippen molar-refractivity contribution in [3.05, 3.63) is 65.0 Å². The Bertz CT molecular complexity index is 647. The van der Waals surface area contributed by atoms with Crippen molar-refractivity contribution in [1.29, 1.82) is 5.26 Å². The van der Waals surface area contributed by atoms with E-state index in [1.54, 1.807) is 30.3 Å². The lowest BCUT2D eigenvalue weighted by molar-refractivity contribution is 0.173. The third-order valence-electron chi connectivity index (χ3n) is 3.14. The number of nitriles is 1. The van der Waals surface area contributed by atoms with Gasteiger partial charge in [0.25, 0.3) is 0 Å². The van der Waals surface area contributed by atoms with Crippen LogP contribution in [0.25, 0.3) is 0 Å². The van der Waals surface area contributed by atoms with Gasteiger partial charge in [0.2, 0.25) is 0 Å². The summed E-state index contributed by atoms with van der Waals surface area (Å²) >= 11 is 0. The minimum atomic E-state index is -0.472. The van der Waals surface area contributed by atoms with Crippen molar-refractivity contribution in [3.8, 4) is 11.8 Å². The number of benzene rings is 2. The van der Waals surface area contributed by atoms with Crippen LogP contribution in [0.15, 0.2) is 42.5 Å². The molecule has 1 atom stereocenters. The van der Waals surface area contributed by atoms with Gasteiger partial charge >= 0.3 is 0 Å². The fourth-order valence-electron chi connectivity index (χ4n) is 1.99. The van der Waals surface area contributed by atoms with E-state index in [4.69, 9.17) is 10.00 Å². The van der Waals surface area contributed by atoms with Crippen molar-refractivity contribution in [3.63, 3.8) is 0 Å². The standard InChI is InChI=1S/C17H16FNO2/c1-2-17(20)14-3-5-16(6-4-14)21-11-13-7-12(10-19)8-15(18)9-13/h3-9,17,20H,2,11H2,1H3/t17-/m0/s1. The molecule has 1 N–H and O–H groups in total. The molecule has 2 aromatic rings. The van der Waals surface area contributed by atoms with Crippen LogP contribution < -0.4 is 4.74 Å². The Balaban J connectivity index is 2.03. The average Bonchev–Trinajstić information content (AvgIpc) is 2.52. The van der Waals surface area contributed by atoms with Crippen molar-refractivity contribution in [2.75, 3.05) is 0 Å². The summed E-state index contributed by atoms with van der Waals surface area (Å²) in [5.41, 5.74) is 1.71. The number of aliphatic hydroxyl groups is 1. The highest BCUT2D eigenvalue weighted by atomic mass is 19.1. The fraction of sp³-hybridized carbons (Fsp3) is 0.235. The fourth-order valence-corrected chi connectivity index (χ4v) is 1.99. The minimum Gasteiger partial charge on any atom is -0.489 e. The second-order valence-electron chi connectivity index (χ2n) is 4.74. The molecule has 0 bridgehead atoms. The van der Waals surface area contributed by atoms with Crippen LogP contribution in [0, 0.1) is 17.1 Å². The van der Waals surface area contributed by atoms with Crippen molar-refractivity contribution in [1.82, 2.24) is 0 Å². The highest BCUT2D eigenvalue weighted by molar-refractivity contribution is 5.34. The summed E-state index contributed by atoms with van der Waals surface area (Å²) in [5.74, 6) is 0.180. The van der Waals surface area contributed by atoms with Crippen LogP contribution in [0.2, 0.25) is 0 Å². The zero-order valence-electron chi connectivity index (χ0n) is 11.7. The van der Waals surface area contributed by atoms with Crippen LogP contribution in [-0.2, 0) is 6.61 Å². The maximum absolute atomic E-state index is 13.3. The molecular formula is C17H16FNO2. The van der Waals surface area contributed by atoms with Crippen molar-refractivity contribution < 1.29 is 14.2 Å². The first-order chi connectivity index (χ1) is 10.1. The third kappa shape index (κ3) is 4.04. The van der Waals surface area contributed by atoms with Crippen molar-refractivity contribution >= 4 is 0 Å². The van der Waals surface area contributed by atoms with Gasteiger partial charge < -0.3 is 9.84 Å². The molecule has 0 aliphatic rings. The van der Waals surface area contributed by atoms with E-state index in [1.165, 1.54) is 12.1 Å². The molecule has 0 aliphatic carbocycles. The third-order valence-corrected chi connectivity index (χ3v) is 3.14. The van der Waals surface area contributed by atoms with Crippen LogP contribution >= 0.6 is 0 Å². The zero-order chi connectivity index (χ0) is 15.2. The molecule has 0 amide bonds. The summed E-state index contributed by atoms with van der Waals surface area (Å²) in [6, 6.07) is 13.2. The predicted molar refractivity (Wildman–Crippen MR) is 77.1 cm³/mol. The molecule has 0 saturated heterocycles. The molecular weight excluding hydrogens is 269 g/mol. The van der Waals surface area contributed by atoms with Gasteiger partial charge in [-0.15, -0.1) is 0 Å². The lowest BCUT2D eigenvalue weighted by Gasteiger charge is -2.10. The van der Waals surface area contributed by atoms with Crippen molar-refractivity contribution in [2.24, 2.45) is 0 Å². The first kappa shape index (κ1) is 15.0. The molecule has 0 heterocycles. The van der Waals surface area contributed by atoms with Gasteiger partial charge in [-0.25, -0.2) is 4.39 Å². The summed E-state index contributed by atoms with van der Waals surface area (Å²) in [7, 11) is 0. The quantitative estimate of drug-likeness (QED) is 0.911. The molecule has 0 aromatic heterocycles. The maximum atomic E-state index is 13.3.